The summed E-state index contributed by atoms with van der Waals surface area (Å²) in [6.45, 7) is 6.97. The zero-order valence-electron chi connectivity index (χ0n) is 11.2. The van der Waals surface area contributed by atoms with Crippen LogP contribution in [0.15, 0.2) is 35.1 Å². The van der Waals surface area contributed by atoms with Gasteiger partial charge < -0.3 is 0 Å². The highest BCUT2D eigenvalue weighted by molar-refractivity contribution is 5.61. The Labute approximate surface area is 107 Å². The van der Waals surface area contributed by atoms with E-state index in [4.69, 9.17) is 0 Å². The number of nitrogens with one attached hydrogen (secondary N) is 1. The smallest absolute Gasteiger partial charge is 0.270 e. The molecular formula is C15H20N2O. The monoisotopic (exact) mass is 244 g/mol. The van der Waals surface area contributed by atoms with Gasteiger partial charge in [0.05, 0.1) is 5.69 Å². The van der Waals surface area contributed by atoms with Crippen LogP contribution >= 0.6 is 0 Å². The van der Waals surface area contributed by atoms with Crippen molar-refractivity contribution < 1.29 is 0 Å². The van der Waals surface area contributed by atoms with Crippen LogP contribution in [0.5, 0.6) is 0 Å². The molecule has 0 spiro atoms. The molecule has 0 amide bonds. The van der Waals surface area contributed by atoms with E-state index in [2.05, 4.69) is 18.9 Å². The van der Waals surface area contributed by atoms with Crippen molar-refractivity contribution in [1.82, 2.24) is 9.78 Å². The van der Waals surface area contributed by atoms with E-state index < -0.39 is 0 Å². The summed E-state index contributed by atoms with van der Waals surface area (Å²) in [6.07, 6.45) is 1.01. The molecule has 0 fully saturated rings. The lowest BCUT2D eigenvalue weighted by Gasteiger charge is -2.04. The van der Waals surface area contributed by atoms with Crippen molar-refractivity contribution in [1.29, 1.82) is 0 Å². The number of nitrogens with zero attached hydrogens (tertiary/aromatic N) is 1. The van der Waals surface area contributed by atoms with Gasteiger partial charge in [-0.1, -0.05) is 44.2 Å². The standard InChI is InChI=1S/C15H20N2O/c1-11(2)9-10-17-15(18)12(3)14(16-17)13-7-5-4-6-8-13/h4-8,11,16H,9-10H2,1-3H3. The van der Waals surface area contributed by atoms with Crippen LogP contribution in [-0.2, 0) is 6.54 Å². The molecule has 0 saturated heterocycles. The van der Waals surface area contributed by atoms with Gasteiger partial charge in [-0.25, -0.2) is 0 Å². The van der Waals surface area contributed by atoms with E-state index in [0.717, 1.165) is 29.8 Å². The van der Waals surface area contributed by atoms with Crippen LogP contribution in [0.1, 0.15) is 25.8 Å². The van der Waals surface area contributed by atoms with Crippen molar-refractivity contribution in [3.8, 4) is 11.3 Å². The minimum absolute atomic E-state index is 0.0921. The van der Waals surface area contributed by atoms with E-state index in [9.17, 15) is 4.79 Å². The molecule has 1 heterocycles. The highest BCUT2D eigenvalue weighted by Crippen LogP contribution is 2.18. The van der Waals surface area contributed by atoms with Crippen molar-refractivity contribution in [2.24, 2.45) is 5.92 Å². The first-order valence-corrected chi connectivity index (χ1v) is 6.44. The molecule has 2 aromatic rings. The summed E-state index contributed by atoms with van der Waals surface area (Å²) in [4.78, 5) is 12.1. The van der Waals surface area contributed by atoms with Gasteiger partial charge in [-0.05, 0) is 24.8 Å². The summed E-state index contributed by atoms with van der Waals surface area (Å²) in [5, 5.41) is 3.23. The average molecular weight is 244 g/mol. The van der Waals surface area contributed by atoms with Crippen molar-refractivity contribution in [3.05, 3.63) is 46.2 Å². The van der Waals surface area contributed by atoms with Gasteiger partial charge in [0.25, 0.3) is 5.56 Å². The molecule has 1 aromatic carbocycles. The van der Waals surface area contributed by atoms with Gasteiger partial charge in [0, 0.05) is 12.1 Å². The third kappa shape index (κ3) is 2.55. The van der Waals surface area contributed by atoms with Crippen LogP contribution in [0.25, 0.3) is 11.3 Å². The van der Waals surface area contributed by atoms with Crippen LogP contribution in [-0.4, -0.2) is 9.78 Å². The second kappa shape index (κ2) is 5.25. The van der Waals surface area contributed by atoms with Crippen molar-refractivity contribution in [3.63, 3.8) is 0 Å². The minimum atomic E-state index is 0.0921. The van der Waals surface area contributed by atoms with Gasteiger partial charge in [-0.15, -0.1) is 0 Å². The van der Waals surface area contributed by atoms with E-state index in [0.29, 0.717) is 5.92 Å². The van der Waals surface area contributed by atoms with Crippen LogP contribution in [0, 0.1) is 12.8 Å². The summed E-state index contributed by atoms with van der Waals surface area (Å²) < 4.78 is 1.72. The molecule has 0 unspecified atom stereocenters. The Balaban J connectivity index is 2.34. The molecule has 3 heteroatoms. The molecule has 0 aliphatic carbocycles. The van der Waals surface area contributed by atoms with Gasteiger partial charge in [0.1, 0.15) is 0 Å². The maximum atomic E-state index is 12.1. The lowest BCUT2D eigenvalue weighted by atomic mass is 10.1. The lowest BCUT2D eigenvalue weighted by molar-refractivity contribution is 0.479. The normalized spacial score (nSPS) is 11.1. The third-order valence-corrected chi connectivity index (χ3v) is 3.18. The Morgan fingerprint density at radius 3 is 2.50 bits per heavy atom. The first-order chi connectivity index (χ1) is 8.59. The maximum Gasteiger partial charge on any atom is 0.270 e. The number of aryl methyl sites for hydroxylation is 1. The quantitative estimate of drug-likeness (QED) is 0.881. The van der Waals surface area contributed by atoms with E-state index in [-0.39, 0.29) is 5.56 Å². The number of rotatable bonds is 4. The van der Waals surface area contributed by atoms with Crippen LogP contribution in [0.2, 0.25) is 0 Å². The lowest BCUT2D eigenvalue weighted by Crippen LogP contribution is -2.18. The molecule has 1 aromatic heterocycles. The number of H-pyrrole nitrogens is 1. The third-order valence-electron chi connectivity index (χ3n) is 3.18. The molecule has 18 heavy (non-hydrogen) atoms. The second-order valence-electron chi connectivity index (χ2n) is 5.12. The fourth-order valence-corrected chi connectivity index (χ4v) is 2.01. The first kappa shape index (κ1) is 12.7. The largest absolute Gasteiger partial charge is 0.295 e. The first-order valence-electron chi connectivity index (χ1n) is 6.44. The molecule has 2 rings (SSSR count). The van der Waals surface area contributed by atoms with E-state index in [1.165, 1.54) is 0 Å². The predicted octanol–water partition coefficient (Wildman–Crippen LogP) is 3.20. The van der Waals surface area contributed by atoms with Gasteiger partial charge in [-0.3, -0.25) is 14.6 Å². The van der Waals surface area contributed by atoms with E-state index >= 15 is 0 Å². The molecule has 0 bridgehead atoms. The van der Waals surface area contributed by atoms with Crippen molar-refractivity contribution in [2.45, 2.75) is 33.7 Å². The summed E-state index contributed by atoms with van der Waals surface area (Å²) in [5.41, 5.74) is 2.89. The van der Waals surface area contributed by atoms with Crippen LogP contribution < -0.4 is 5.56 Å². The molecule has 0 aliphatic rings. The Kier molecular flexibility index (Phi) is 3.70. The minimum Gasteiger partial charge on any atom is -0.295 e. The van der Waals surface area contributed by atoms with Gasteiger partial charge in [-0.2, -0.15) is 0 Å². The summed E-state index contributed by atoms with van der Waals surface area (Å²) >= 11 is 0. The average Bonchev–Trinajstić information content (AvgIpc) is 2.65. The highest BCUT2D eigenvalue weighted by atomic mass is 16.1. The topological polar surface area (TPSA) is 37.8 Å². The predicted molar refractivity (Wildman–Crippen MR) is 74.7 cm³/mol. The Morgan fingerprint density at radius 1 is 1.22 bits per heavy atom. The summed E-state index contributed by atoms with van der Waals surface area (Å²) in [5.74, 6) is 0.598. The van der Waals surface area contributed by atoms with Crippen LogP contribution in [0.3, 0.4) is 0 Å². The van der Waals surface area contributed by atoms with Crippen LogP contribution in [0.4, 0.5) is 0 Å². The highest BCUT2D eigenvalue weighted by Gasteiger charge is 2.11. The molecule has 3 nitrogen and oxygen atoms in total. The van der Waals surface area contributed by atoms with E-state index in [1.54, 1.807) is 4.68 Å². The Morgan fingerprint density at radius 2 is 1.89 bits per heavy atom. The Bertz CT molecular complexity index is 564. The maximum absolute atomic E-state index is 12.1. The number of hydrogen-bond donors (Lipinski definition) is 1. The number of benzene rings is 1. The second-order valence-corrected chi connectivity index (χ2v) is 5.12. The molecule has 0 saturated carbocycles. The molecule has 0 radical (unpaired) electrons. The van der Waals surface area contributed by atoms with E-state index in [1.807, 2.05) is 37.3 Å². The number of aromatic nitrogens is 2. The number of hydrogen-bond acceptors (Lipinski definition) is 1. The SMILES string of the molecule is Cc1c(-c2ccccc2)[nH]n(CCC(C)C)c1=O. The fraction of sp³-hybridized carbons (Fsp3) is 0.400. The summed E-state index contributed by atoms with van der Waals surface area (Å²) in [6, 6.07) is 9.99. The molecule has 96 valence electrons. The van der Waals surface area contributed by atoms with Crippen molar-refractivity contribution >= 4 is 0 Å². The molecule has 1 N–H and O–H groups in total. The number of aromatic amines is 1. The zero-order valence-corrected chi connectivity index (χ0v) is 11.2. The zero-order chi connectivity index (χ0) is 13.1. The molecule has 0 atom stereocenters. The van der Waals surface area contributed by atoms with Gasteiger partial charge >= 0.3 is 0 Å². The fourth-order valence-electron chi connectivity index (χ4n) is 2.01. The molecular weight excluding hydrogens is 224 g/mol. The van der Waals surface area contributed by atoms with Gasteiger partial charge in [0.2, 0.25) is 0 Å². The van der Waals surface area contributed by atoms with Crippen molar-refractivity contribution in [2.75, 3.05) is 0 Å². The molecule has 0 aliphatic heterocycles. The summed E-state index contributed by atoms with van der Waals surface area (Å²) in [7, 11) is 0. The van der Waals surface area contributed by atoms with Gasteiger partial charge in [0.15, 0.2) is 0 Å². The Hall–Kier alpha value is -1.77.